The van der Waals surface area contributed by atoms with Crippen molar-refractivity contribution < 1.29 is 22.5 Å². The number of nitrogens with one attached hydrogen (secondary N) is 2. The van der Waals surface area contributed by atoms with Gasteiger partial charge >= 0.3 is 0 Å². The Balaban J connectivity index is 2.10. The molecule has 1 amide bonds. The molecular weight excluding hydrogens is 353 g/mol. The molecule has 0 unspecified atom stereocenters. The van der Waals surface area contributed by atoms with Crippen molar-refractivity contribution in [1.82, 2.24) is 0 Å². The summed E-state index contributed by atoms with van der Waals surface area (Å²) in [6, 6.07) is 8.46. The lowest BCUT2D eigenvalue weighted by atomic mass is 10.2. The lowest BCUT2D eigenvalue weighted by molar-refractivity contribution is -0.384. The molecule has 8 nitrogen and oxygen atoms in total. The van der Waals surface area contributed by atoms with Crippen LogP contribution in [0.25, 0.3) is 0 Å². The van der Waals surface area contributed by atoms with Crippen molar-refractivity contribution in [3.8, 4) is 0 Å². The molecule has 0 radical (unpaired) electrons. The first-order chi connectivity index (χ1) is 11.7. The lowest BCUT2D eigenvalue weighted by Gasteiger charge is -2.09. The highest BCUT2D eigenvalue weighted by atomic mass is 32.2. The van der Waals surface area contributed by atoms with Crippen molar-refractivity contribution >= 4 is 32.8 Å². The number of sulfone groups is 1. The van der Waals surface area contributed by atoms with E-state index in [2.05, 4.69) is 10.6 Å². The number of hydrogen-bond donors (Lipinski definition) is 2. The Hall–Kier alpha value is -3.01. The van der Waals surface area contributed by atoms with E-state index in [1.807, 2.05) is 0 Å². The molecule has 25 heavy (non-hydrogen) atoms. The number of nitro benzene ring substituents is 1. The van der Waals surface area contributed by atoms with E-state index in [0.29, 0.717) is 5.69 Å². The Morgan fingerprint density at radius 2 is 1.84 bits per heavy atom. The predicted octanol–water partition coefficient (Wildman–Crippen LogP) is 2.19. The van der Waals surface area contributed by atoms with Gasteiger partial charge in [-0.15, -0.1) is 0 Å². The first-order valence-corrected chi connectivity index (χ1v) is 8.84. The lowest BCUT2D eigenvalue weighted by Crippen LogP contribution is -2.22. The van der Waals surface area contributed by atoms with E-state index in [4.69, 9.17) is 0 Å². The summed E-state index contributed by atoms with van der Waals surface area (Å²) in [4.78, 5) is 22.0. The molecule has 2 aromatic carbocycles. The van der Waals surface area contributed by atoms with Crippen molar-refractivity contribution in [2.75, 3.05) is 23.4 Å². The van der Waals surface area contributed by atoms with E-state index in [9.17, 15) is 27.7 Å². The first-order valence-electron chi connectivity index (χ1n) is 6.94. The van der Waals surface area contributed by atoms with E-state index < -0.39 is 32.2 Å². The van der Waals surface area contributed by atoms with Crippen molar-refractivity contribution in [3.63, 3.8) is 0 Å². The number of nitro groups is 1. The number of rotatable bonds is 6. The quantitative estimate of drug-likeness (QED) is 0.597. The molecule has 0 aliphatic rings. The van der Waals surface area contributed by atoms with Gasteiger partial charge in [0.25, 0.3) is 5.69 Å². The van der Waals surface area contributed by atoms with Gasteiger partial charge in [0.15, 0.2) is 9.84 Å². The van der Waals surface area contributed by atoms with Crippen LogP contribution in [0.5, 0.6) is 0 Å². The molecule has 0 saturated heterocycles. The zero-order chi connectivity index (χ0) is 18.6. The zero-order valence-electron chi connectivity index (χ0n) is 13.0. The summed E-state index contributed by atoms with van der Waals surface area (Å²) in [6.45, 7) is -0.295. The minimum Gasteiger partial charge on any atom is -0.371 e. The number of carbonyl (C=O) groups excluding carboxylic acids is 1. The molecule has 0 heterocycles. The van der Waals surface area contributed by atoms with Crippen molar-refractivity contribution in [1.29, 1.82) is 0 Å². The largest absolute Gasteiger partial charge is 0.371 e. The Labute approximate surface area is 142 Å². The Morgan fingerprint density at radius 3 is 2.40 bits per heavy atom. The highest BCUT2D eigenvalue weighted by Gasteiger charge is 2.19. The van der Waals surface area contributed by atoms with Gasteiger partial charge in [0.05, 0.1) is 16.4 Å². The second kappa shape index (κ2) is 7.26. The Kier molecular flexibility index (Phi) is 5.32. The molecule has 0 atom stereocenters. The zero-order valence-corrected chi connectivity index (χ0v) is 13.8. The van der Waals surface area contributed by atoms with E-state index in [0.717, 1.165) is 12.3 Å². The van der Waals surface area contributed by atoms with Crippen molar-refractivity contribution in [3.05, 3.63) is 58.4 Å². The maximum atomic E-state index is 12.8. The summed E-state index contributed by atoms with van der Waals surface area (Å²) in [5.41, 5.74) is -0.0840. The number of carbonyl (C=O) groups is 1. The van der Waals surface area contributed by atoms with Gasteiger partial charge < -0.3 is 10.6 Å². The van der Waals surface area contributed by atoms with Crippen LogP contribution in [0.4, 0.5) is 21.5 Å². The van der Waals surface area contributed by atoms with Gasteiger partial charge in [-0.25, -0.2) is 12.8 Å². The predicted molar refractivity (Wildman–Crippen MR) is 89.7 cm³/mol. The monoisotopic (exact) mass is 367 g/mol. The molecule has 10 heteroatoms. The highest BCUT2D eigenvalue weighted by Crippen LogP contribution is 2.27. The van der Waals surface area contributed by atoms with Crippen LogP contribution in [0.3, 0.4) is 0 Å². The van der Waals surface area contributed by atoms with Crippen LogP contribution in [0.15, 0.2) is 47.4 Å². The van der Waals surface area contributed by atoms with Crippen molar-refractivity contribution in [2.24, 2.45) is 0 Å². The van der Waals surface area contributed by atoms with Crippen LogP contribution in [-0.4, -0.2) is 32.0 Å². The topological polar surface area (TPSA) is 118 Å². The molecule has 2 aromatic rings. The third-order valence-electron chi connectivity index (χ3n) is 3.16. The molecule has 0 spiro atoms. The van der Waals surface area contributed by atoms with E-state index in [1.165, 1.54) is 36.4 Å². The van der Waals surface area contributed by atoms with E-state index >= 15 is 0 Å². The third kappa shape index (κ3) is 4.98. The summed E-state index contributed by atoms with van der Waals surface area (Å²) in [7, 11) is -3.59. The summed E-state index contributed by atoms with van der Waals surface area (Å²) in [5.74, 6) is -0.953. The normalized spacial score (nSPS) is 11.0. The number of halogens is 1. The van der Waals surface area contributed by atoms with Gasteiger partial charge in [-0.05, 0) is 36.4 Å². The fraction of sp³-hybridized carbons (Fsp3) is 0.133. The Morgan fingerprint density at radius 1 is 1.20 bits per heavy atom. The number of nitrogens with zero attached hydrogens (tertiary/aromatic N) is 1. The minimum atomic E-state index is -3.59. The van der Waals surface area contributed by atoms with Crippen LogP contribution < -0.4 is 10.6 Å². The second-order valence-electron chi connectivity index (χ2n) is 5.12. The minimum absolute atomic E-state index is 0.00616. The molecule has 132 valence electrons. The molecule has 0 bridgehead atoms. The standard InChI is InChI=1S/C15H14FN3O5S/c1-25(23,24)12-6-7-13(14(8-12)19(21)22)17-9-15(20)18-11-4-2-10(16)3-5-11/h2-8,17H,9H2,1H3,(H,18,20). The maximum Gasteiger partial charge on any atom is 0.293 e. The number of anilines is 2. The molecular formula is C15H14FN3O5S. The van der Waals surface area contributed by atoms with Gasteiger partial charge in [0.2, 0.25) is 5.91 Å². The van der Waals surface area contributed by atoms with E-state index in [1.54, 1.807) is 0 Å². The smallest absolute Gasteiger partial charge is 0.293 e. The van der Waals surface area contributed by atoms with Gasteiger partial charge in [-0.2, -0.15) is 0 Å². The molecule has 2 N–H and O–H groups in total. The number of benzene rings is 2. The first kappa shape index (κ1) is 18.3. The fourth-order valence-corrected chi connectivity index (χ4v) is 2.60. The number of amides is 1. The SMILES string of the molecule is CS(=O)(=O)c1ccc(NCC(=O)Nc2ccc(F)cc2)c([N+](=O)[O-])c1. The van der Waals surface area contributed by atoms with Gasteiger partial charge in [-0.3, -0.25) is 14.9 Å². The van der Waals surface area contributed by atoms with E-state index in [-0.39, 0.29) is 17.1 Å². The summed E-state index contributed by atoms with van der Waals surface area (Å²) >= 11 is 0. The van der Waals surface area contributed by atoms with Crippen LogP contribution in [0.1, 0.15) is 0 Å². The second-order valence-corrected chi connectivity index (χ2v) is 7.13. The summed E-state index contributed by atoms with van der Waals surface area (Å²) < 4.78 is 35.8. The fourth-order valence-electron chi connectivity index (χ4n) is 1.96. The molecule has 0 aromatic heterocycles. The van der Waals surface area contributed by atoms with Crippen LogP contribution in [0.2, 0.25) is 0 Å². The Bertz CT molecular complexity index is 913. The third-order valence-corrected chi connectivity index (χ3v) is 4.27. The highest BCUT2D eigenvalue weighted by molar-refractivity contribution is 7.90. The van der Waals surface area contributed by atoms with Crippen LogP contribution in [-0.2, 0) is 14.6 Å². The van der Waals surface area contributed by atoms with Gasteiger partial charge in [0.1, 0.15) is 11.5 Å². The maximum absolute atomic E-state index is 12.8. The molecule has 0 fully saturated rings. The van der Waals surface area contributed by atoms with Crippen molar-refractivity contribution in [2.45, 2.75) is 4.90 Å². The summed E-state index contributed by atoms with van der Waals surface area (Å²) in [6.07, 6.45) is 0.940. The van der Waals surface area contributed by atoms with Gasteiger partial charge in [0, 0.05) is 18.0 Å². The van der Waals surface area contributed by atoms with Crippen LogP contribution in [0, 0.1) is 15.9 Å². The average Bonchev–Trinajstić information content (AvgIpc) is 2.54. The summed E-state index contributed by atoms with van der Waals surface area (Å²) in [5, 5.41) is 16.2. The molecule has 0 aliphatic carbocycles. The molecule has 2 rings (SSSR count). The van der Waals surface area contributed by atoms with Gasteiger partial charge in [-0.1, -0.05) is 0 Å². The molecule has 0 aliphatic heterocycles. The average molecular weight is 367 g/mol. The number of hydrogen-bond acceptors (Lipinski definition) is 6. The van der Waals surface area contributed by atoms with Crippen LogP contribution >= 0.6 is 0 Å². The molecule has 0 saturated carbocycles.